The molecule has 4 aromatic rings. The van der Waals surface area contributed by atoms with Gasteiger partial charge in [0.2, 0.25) is 6.19 Å². The SMILES string of the molecule is C=C=N[Si](C)(C)C.N#CN=C1CC(c2ccc(OC(F)(F)F)cc2)Oc2ccc(Br)cc21.O=C1CC(c2ccc(OC(F)(F)F)cc2)Oc2ccc(Br)cc21. The monoisotopic (exact) mass is 909 g/mol. The molecule has 0 spiro atoms. The van der Waals surface area contributed by atoms with Crippen LogP contribution in [0.5, 0.6) is 23.0 Å². The second-order valence-corrected chi connectivity index (χ2v) is 19.1. The number of hydrogen-bond acceptors (Lipinski definition) is 8. The molecule has 288 valence electrons. The predicted octanol–water partition coefficient (Wildman–Crippen LogP) is 11.9. The average molecular weight is 912 g/mol. The summed E-state index contributed by atoms with van der Waals surface area (Å²) in [7, 11) is -1.21. The van der Waals surface area contributed by atoms with Crippen molar-refractivity contribution in [2.24, 2.45) is 9.65 Å². The normalized spacial score (nSPS) is 16.8. The molecule has 4 aromatic carbocycles. The number of alkyl halides is 6. The zero-order valence-corrected chi connectivity index (χ0v) is 33.4. The summed E-state index contributed by atoms with van der Waals surface area (Å²) in [5.74, 6) is 2.88. The number of benzene rings is 4. The van der Waals surface area contributed by atoms with Gasteiger partial charge in [0.25, 0.3) is 0 Å². The fourth-order valence-corrected chi connectivity index (χ4v) is 6.35. The minimum atomic E-state index is -4.73. The van der Waals surface area contributed by atoms with E-state index in [4.69, 9.17) is 14.7 Å². The lowest BCUT2D eigenvalue weighted by Crippen LogP contribution is -2.21. The van der Waals surface area contributed by atoms with Gasteiger partial charge in [-0.2, -0.15) is 10.3 Å². The molecule has 0 amide bonds. The molecule has 6 rings (SSSR count). The van der Waals surface area contributed by atoms with E-state index in [9.17, 15) is 31.1 Å². The zero-order valence-electron chi connectivity index (χ0n) is 29.3. The summed E-state index contributed by atoms with van der Waals surface area (Å²) < 4.78 is 98.2. The fourth-order valence-electron chi connectivity index (χ4n) is 5.15. The van der Waals surface area contributed by atoms with Crippen LogP contribution in [0.2, 0.25) is 19.6 Å². The largest absolute Gasteiger partial charge is 0.573 e. The van der Waals surface area contributed by atoms with Crippen molar-refractivity contribution >= 4 is 57.5 Å². The van der Waals surface area contributed by atoms with E-state index in [2.05, 4.69) is 83.1 Å². The summed E-state index contributed by atoms with van der Waals surface area (Å²) in [6, 6.07) is 21.3. The number of ether oxygens (including phenoxy) is 4. The molecular weight excluding hydrogens is 880 g/mol. The summed E-state index contributed by atoms with van der Waals surface area (Å²) >= 11 is 6.66. The van der Waals surface area contributed by atoms with Crippen LogP contribution in [0.15, 0.2) is 110 Å². The lowest BCUT2D eigenvalue weighted by atomic mass is 9.95. The number of aliphatic imine (C=N–C) groups is 1. The summed E-state index contributed by atoms with van der Waals surface area (Å²) in [6.45, 7) is 9.82. The number of nitrogens with zero attached hydrogens (tertiary/aromatic N) is 3. The molecule has 55 heavy (non-hydrogen) atoms. The van der Waals surface area contributed by atoms with Gasteiger partial charge in [-0.25, -0.2) is 0 Å². The van der Waals surface area contributed by atoms with Crippen molar-refractivity contribution in [3.63, 3.8) is 0 Å². The number of fused-ring (bicyclic) bond motifs is 2. The molecule has 0 aliphatic carbocycles. The minimum absolute atomic E-state index is 0.0758. The third-order valence-corrected chi connectivity index (χ3v) is 9.17. The van der Waals surface area contributed by atoms with Crippen LogP contribution in [-0.4, -0.2) is 38.3 Å². The van der Waals surface area contributed by atoms with Crippen molar-refractivity contribution in [1.82, 2.24) is 0 Å². The second kappa shape index (κ2) is 18.2. The molecule has 0 fully saturated rings. The van der Waals surface area contributed by atoms with E-state index < -0.39 is 33.2 Å². The van der Waals surface area contributed by atoms with Crippen LogP contribution in [0.25, 0.3) is 0 Å². The third-order valence-electron chi connectivity index (χ3n) is 7.35. The highest BCUT2D eigenvalue weighted by Crippen LogP contribution is 2.39. The highest BCUT2D eigenvalue weighted by molar-refractivity contribution is 9.10. The van der Waals surface area contributed by atoms with Crippen molar-refractivity contribution in [3.8, 4) is 29.2 Å². The Morgan fingerprint density at radius 3 is 1.58 bits per heavy atom. The molecule has 0 bridgehead atoms. The molecule has 8 nitrogen and oxygen atoms in total. The Balaban J connectivity index is 0.000000210. The maximum atomic E-state index is 12.2. The van der Waals surface area contributed by atoms with Crippen molar-refractivity contribution in [3.05, 3.63) is 123 Å². The summed E-state index contributed by atoms with van der Waals surface area (Å²) in [5, 5.41) is 8.90. The van der Waals surface area contributed by atoms with Gasteiger partial charge in [-0.1, -0.05) is 56.1 Å². The number of Topliss-reactive ketones (excluding diaryl/α,β-unsaturated/α-hetero) is 1. The van der Waals surface area contributed by atoms with Gasteiger partial charge < -0.3 is 18.9 Å². The Morgan fingerprint density at radius 1 is 0.745 bits per heavy atom. The van der Waals surface area contributed by atoms with Gasteiger partial charge in [-0.05, 0) is 104 Å². The van der Waals surface area contributed by atoms with E-state index in [-0.39, 0.29) is 23.7 Å². The first-order valence-corrected chi connectivity index (χ1v) is 21.1. The van der Waals surface area contributed by atoms with Gasteiger partial charge in [-0.15, -0.1) is 26.3 Å². The molecule has 17 heteroatoms. The molecule has 0 saturated heterocycles. The molecule has 2 aliphatic rings. The molecule has 0 N–H and O–H groups in total. The number of carbonyl (C=O) groups excluding carboxylic acids is 1. The average Bonchev–Trinajstić information content (AvgIpc) is 3.08. The van der Waals surface area contributed by atoms with E-state index in [1.807, 2.05) is 6.07 Å². The number of halogens is 8. The Morgan fingerprint density at radius 2 is 1.18 bits per heavy atom. The first-order valence-electron chi connectivity index (χ1n) is 16.1. The molecule has 2 atom stereocenters. The molecule has 2 heterocycles. The van der Waals surface area contributed by atoms with Gasteiger partial charge in [0.05, 0.1) is 17.7 Å². The first kappa shape index (κ1) is 42.9. The lowest BCUT2D eigenvalue weighted by molar-refractivity contribution is -0.275. The maximum absolute atomic E-state index is 12.2. The van der Waals surface area contributed by atoms with Crippen LogP contribution < -0.4 is 18.9 Å². The van der Waals surface area contributed by atoms with Gasteiger partial charge in [0.1, 0.15) is 35.2 Å². The topological polar surface area (TPSA) is 102 Å². The van der Waals surface area contributed by atoms with Crippen LogP contribution >= 0.6 is 31.9 Å². The maximum Gasteiger partial charge on any atom is 0.573 e. The Labute approximate surface area is 330 Å². The molecule has 0 aromatic heterocycles. The minimum Gasteiger partial charge on any atom is -0.485 e. The molecular formula is C38H31Br2F6N3O5Si. The van der Waals surface area contributed by atoms with E-state index >= 15 is 0 Å². The van der Waals surface area contributed by atoms with Gasteiger partial charge in [-0.3, -0.25) is 9.45 Å². The van der Waals surface area contributed by atoms with Crippen molar-refractivity contribution < 1.29 is 50.1 Å². The number of carbonyl (C=O) groups is 1. The Kier molecular flexibility index (Phi) is 14.2. The van der Waals surface area contributed by atoms with Gasteiger partial charge >= 0.3 is 12.7 Å². The zero-order chi connectivity index (χ0) is 40.6. The van der Waals surface area contributed by atoms with Gasteiger partial charge in [0, 0.05) is 20.9 Å². The molecule has 0 saturated carbocycles. The number of ketones is 1. The van der Waals surface area contributed by atoms with Crippen molar-refractivity contribution in [1.29, 1.82) is 5.26 Å². The number of hydrogen-bond donors (Lipinski definition) is 0. The number of nitriles is 1. The molecule has 2 unspecified atom stereocenters. The van der Waals surface area contributed by atoms with Crippen LogP contribution in [-0.2, 0) is 0 Å². The Hall–Kier alpha value is -4.88. The van der Waals surface area contributed by atoms with Crippen LogP contribution in [0.4, 0.5) is 26.3 Å². The van der Waals surface area contributed by atoms with E-state index in [0.717, 1.165) is 8.95 Å². The van der Waals surface area contributed by atoms with Crippen molar-refractivity contribution in [2.45, 2.75) is 57.4 Å². The highest BCUT2D eigenvalue weighted by Gasteiger charge is 2.33. The number of rotatable bonds is 5. The summed E-state index contributed by atoms with van der Waals surface area (Å²) in [6.07, 6.45) is -8.22. The summed E-state index contributed by atoms with van der Waals surface area (Å²) in [5.41, 5.74) is 3.04. The predicted molar refractivity (Wildman–Crippen MR) is 203 cm³/mol. The standard InChI is InChI=1S/C17H10BrF3N2O2.C16H10BrF3O3.C5H11NSi/c18-11-3-6-15-13(7-11)14(23-9-22)8-16(24-15)10-1-4-12(5-2-10)25-17(19,20)21;17-10-3-6-14-12(7-10)13(21)8-15(22-14)9-1-4-11(5-2-9)23-16(18,19)20;1-5-6-7(2,3)4/h1-7,16H,8H2;1-7,15H,8H2;1H2,2-4H3. The molecule has 2 aliphatic heterocycles. The van der Waals surface area contributed by atoms with Crippen LogP contribution in [0, 0.1) is 11.5 Å². The van der Waals surface area contributed by atoms with E-state index in [1.165, 1.54) is 48.5 Å². The van der Waals surface area contributed by atoms with Crippen LogP contribution in [0.3, 0.4) is 0 Å². The van der Waals surface area contributed by atoms with Crippen molar-refractivity contribution in [2.75, 3.05) is 0 Å². The smallest absolute Gasteiger partial charge is 0.485 e. The summed E-state index contributed by atoms with van der Waals surface area (Å²) in [4.78, 5) is 16.1. The molecule has 0 radical (unpaired) electrons. The second-order valence-electron chi connectivity index (χ2n) is 12.7. The van der Waals surface area contributed by atoms with Gasteiger partial charge in [0.15, 0.2) is 14.0 Å². The first-order chi connectivity index (χ1) is 25.7. The van der Waals surface area contributed by atoms with E-state index in [1.54, 1.807) is 36.5 Å². The lowest BCUT2D eigenvalue weighted by Gasteiger charge is -2.27. The third kappa shape index (κ3) is 13.4. The Bertz CT molecular complexity index is 2110. The highest BCUT2D eigenvalue weighted by atomic mass is 79.9. The fraction of sp³-hybridized carbons (Fsp3) is 0.237. The van der Waals surface area contributed by atoms with Crippen LogP contribution in [0.1, 0.15) is 52.1 Å². The quantitative estimate of drug-likeness (QED) is 0.0855. The van der Waals surface area contributed by atoms with E-state index in [0.29, 0.717) is 45.9 Å².